The first-order chi connectivity index (χ1) is 14.7. The highest BCUT2D eigenvalue weighted by Crippen LogP contribution is 2.33. The summed E-state index contributed by atoms with van der Waals surface area (Å²) in [7, 11) is 0. The Labute approximate surface area is 197 Å². The van der Waals surface area contributed by atoms with Crippen molar-refractivity contribution in [3.05, 3.63) is 28.2 Å². The van der Waals surface area contributed by atoms with Gasteiger partial charge >= 0.3 is 6.09 Å². The van der Waals surface area contributed by atoms with E-state index in [1.165, 1.54) is 19.3 Å². The number of carbonyl (C=O) groups is 1. The second kappa shape index (κ2) is 11.1. The molecule has 1 aliphatic carbocycles. The van der Waals surface area contributed by atoms with Crippen molar-refractivity contribution < 1.29 is 9.53 Å². The van der Waals surface area contributed by atoms with Gasteiger partial charge in [-0.3, -0.25) is 0 Å². The third-order valence-corrected chi connectivity index (χ3v) is 7.09. The summed E-state index contributed by atoms with van der Waals surface area (Å²) in [4.78, 5) is 16.9. The summed E-state index contributed by atoms with van der Waals surface area (Å²) in [5, 5.41) is 4.33. The molecular weight excluding hydrogens is 433 g/mol. The van der Waals surface area contributed by atoms with Crippen LogP contribution in [0.4, 0.5) is 10.5 Å². The number of nitrogens with one attached hydrogen (secondary N) is 1. The topological polar surface area (TPSA) is 44.8 Å². The van der Waals surface area contributed by atoms with E-state index in [1.54, 1.807) is 0 Å². The number of carbonyl (C=O) groups excluding carboxylic acids is 1. The van der Waals surface area contributed by atoms with Crippen LogP contribution in [0.25, 0.3) is 0 Å². The van der Waals surface area contributed by atoms with E-state index in [2.05, 4.69) is 21.2 Å². The number of benzene rings is 1. The lowest BCUT2D eigenvalue weighted by atomic mass is 9.84. The van der Waals surface area contributed by atoms with Gasteiger partial charge in [0.05, 0.1) is 15.7 Å². The Morgan fingerprint density at radius 2 is 1.84 bits per heavy atom. The Kier molecular flexibility index (Phi) is 8.77. The molecule has 1 N–H and O–H groups in total. The maximum absolute atomic E-state index is 12.0. The van der Waals surface area contributed by atoms with E-state index >= 15 is 0 Å². The molecule has 0 atom stereocenters. The fourth-order valence-corrected chi connectivity index (χ4v) is 5.02. The van der Waals surface area contributed by atoms with Crippen LogP contribution >= 0.6 is 23.2 Å². The molecule has 1 heterocycles. The molecule has 5 nitrogen and oxygen atoms in total. The standard InChI is InChI=1S/C24H37Cl2N3O2/c1-24(2,3)31-23(30)27-19-10-8-18(9-11-19)12-15-28-13-5-14-29(17-16-28)21-7-4-6-20(25)22(21)26/h4,6-7,18-19H,5,8-17H2,1-3H3,(H,27,30). The van der Waals surface area contributed by atoms with Gasteiger partial charge in [-0.1, -0.05) is 29.3 Å². The first-order valence-electron chi connectivity index (χ1n) is 11.6. The van der Waals surface area contributed by atoms with Crippen LogP contribution in [0.1, 0.15) is 59.3 Å². The van der Waals surface area contributed by atoms with Crippen LogP contribution in [-0.4, -0.2) is 55.4 Å². The fraction of sp³-hybridized carbons (Fsp3) is 0.708. The lowest BCUT2D eigenvalue weighted by Gasteiger charge is -2.31. The summed E-state index contributed by atoms with van der Waals surface area (Å²) in [6.07, 6.45) is 6.53. The van der Waals surface area contributed by atoms with Gasteiger partial charge in [-0.15, -0.1) is 0 Å². The van der Waals surface area contributed by atoms with Crippen LogP contribution in [0.5, 0.6) is 0 Å². The molecule has 0 spiro atoms. The summed E-state index contributed by atoms with van der Waals surface area (Å²) in [5.74, 6) is 0.749. The molecule has 2 aliphatic rings. The largest absolute Gasteiger partial charge is 0.444 e. The molecule has 2 fully saturated rings. The average Bonchev–Trinajstić information content (AvgIpc) is 2.94. The van der Waals surface area contributed by atoms with Crippen LogP contribution in [0.15, 0.2) is 18.2 Å². The van der Waals surface area contributed by atoms with Gasteiger partial charge in [0.15, 0.2) is 0 Å². The van der Waals surface area contributed by atoms with Gasteiger partial charge < -0.3 is 19.9 Å². The van der Waals surface area contributed by atoms with Crippen molar-refractivity contribution >= 4 is 35.0 Å². The highest BCUT2D eigenvalue weighted by Gasteiger charge is 2.25. The normalized spacial score (nSPS) is 23.3. The maximum atomic E-state index is 12.0. The van der Waals surface area contributed by atoms with Crippen molar-refractivity contribution in [2.75, 3.05) is 37.6 Å². The fourth-order valence-electron chi connectivity index (χ4n) is 4.61. The van der Waals surface area contributed by atoms with E-state index < -0.39 is 5.60 Å². The summed E-state index contributed by atoms with van der Waals surface area (Å²) in [6, 6.07) is 6.13. The lowest BCUT2D eigenvalue weighted by molar-refractivity contribution is 0.0486. The van der Waals surface area contributed by atoms with Gasteiger partial charge in [-0.2, -0.15) is 0 Å². The Morgan fingerprint density at radius 1 is 1.10 bits per heavy atom. The van der Waals surface area contributed by atoms with Gasteiger partial charge in [0.25, 0.3) is 0 Å². The number of nitrogens with zero attached hydrogens (tertiary/aromatic N) is 2. The molecule has 174 valence electrons. The quantitative estimate of drug-likeness (QED) is 0.575. The Bertz CT molecular complexity index is 730. The van der Waals surface area contributed by atoms with Crippen molar-refractivity contribution in [2.24, 2.45) is 5.92 Å². The Morgan fingerprint density at radius 3 is 2.55 bits per heavy atom. The molecule has 31 heavy (non-hydrogen) atoms. The van der Waals surface area contributed by atoms with E-state index in [-0.39, 0.29) is 12.1 Å². The van der Waals surface area contributed by atoms with Gasteiger partial charge in [0.2, 0.25) is 0 Å². The molecule has 1 amide bonds. The van der Waals surface area contributed by atoms with Crippen molar-refractivity contribution in [2.45, 2.75) is 70.9 Å². The third kappa shape index (κ3) is 7.73. The molecule has 0 radical (unpaired) electrons. The van der Waals surface area contributed by atoms with Crippen molar-refractivity contribution in [3.63, 3.8) is 0 Å². The number of amides is 1. The SMILES string of the molecule is CC(C)(C)OC(=O)NC1CCC(CCN2CCCN(c3cccc(Cl)c3Cl)CC2)CC1. The second-order valence-electron chi connectivity index (χ2n) is 9.91. The minimum Gasteiger partial charge on any atom is -0.444 e. The number of hydrogen-bond donors (Lipinski definition) is 1. The predicted molar refractivity (Wildman–Crippen MR) is 129 cm³/mol. The first-order valence-corrected chi connectivity index (χ1v) is 12.4. The summed E-state index contributed by atoms with van der Waals surface area (Å²) < 4.78 is 5.38. The van der Waals surface area contributed by atoms with Gasteiger partial charge in [0, 0.05) is 25.7 Å². The molecule has 1 saturated heterocycles. The minimum atomic E-state index is -0.442. The average molecular weight is 470 g/mol. The summed E-state index contributed by atoms with van der Waals surface area (Å²) >= 11 is 12.6. The summed E-state index contributed by atoms with van der Waals surface area (Å²) in [6.45, 7) is 11.0. The minimum absolute atomic E-state index is 0.250. The molecule has 0 unspecified atom stereocenters. The zero-order valence-electron chi connectivity index (χ0n) is 19.1. The van der Waals surface area contributed by atoms with E-state index in [1.807, 2.05) is 32.9 Å². The molecular formula is C24H37Cl2N3O2. The lowest BCUT2D eigenvalue weighted by Crippen LogP contribution is -2.41. The van der Waals surface area contributed by atoms with Gasteiger partial charge in [0.1, 0.15) is 5.60 Å². The van der Waals surface area contributed by atoms with Crippen LogP contribution in [0, 0.1) is 5.92 Å². The smallest absolute Gasteiger partial charge is 0.407 e. The van der Waals surface area contributed by atoms with Crippen LogP contribution < -0.4 is 10.2 Å². The van der Waals surface area contributed by atoms with Crippen molar-refractivity contribution in [1.82, 2.24) is 10.2 Å². The maximum Gasteiger partial charge on any atom is 0.407 e. The summed E-state index contributed by atoms with van der Waals surface area (Å²) in [5.41, 5.74) is 0.606. The third-order valence-electron chi connectivity index (χ3n) is 6.28. The highest BCUT2D eigenvalue weighted by atomic mass is 35.5. The predicted octanol–water partition coefficient (Wildman–Crippen LogP) is 5.98. The first kappa shape index (κ1) is 24.5. The van der Waals surface area contributed by atoms with Crippen LogP contribution in [0.3, 0.4) is 0 Å². The molecule has 3 rings (SSSR count). The molecule has 7 heteroatoms. The number of anilines is 1. The monoisotopic (exact) mass is 469 g/mol. The van der Waals surface area contributed by atoms with E-state index in [9.17, 15) is 4.79 Å². The molecule has 0 aromatic heterocycles. The molecule has 0 bridgehead atoms. The highest BCUT2D eigenvalue weighted by molar-refractivity contribution is 6.43. The van der Waals surface area contributed by atoms with E-state index in [0.717, 1.165) is 63.6 Å². The molecule has 1 aromatic carbocycles. The number of rotatable bonds is 5. The molecule has 1 aromatic rings. The van der Waals surface area contributed by atoms with E-state index in [4.69, 9.17) is 27.9 Å². The zero-order valence-corrected chi connectivity index (χ0v) is 20.6. The van der Waals surface area contributed by atoms with Crippen LogP contribution in [-0.2, 0) is 4.74 Å². The Hall–Kier alpha value is -1.17. The number of alkyl carbamates (subject to hydrolysis) is 1. The Balaban J connectivity index is 1.38. The zero-order chi connectivity index (χ0) is 22.4. The van der Waals surface area contributed by atoms with Crippen molar-refractivity contribution in [1.29, 1.82) is 0 Å². The number of halogens is 2. The molecule has 1 saturated carbocycles. The molecule has 1 aliphatic heterocycles. The second-order valence-corrected chi connectivity index (χ2v) is 10.7. The van der Waals surface area contributed by atoms with Crippen LogP contribution in [0.2, 0.25) is 10.0 Å². The van der Waals surface area contributed by atoms with Gasteiger partial charge in [-0.05, 0) is 90.4 Å². The van der Waals surface area contributed by atoms with Crippen molar-refractivity contribution in [3.8, 4) is 0 Å². The van der Waals surface area contributed by atoms with Gasteiger partial charge in [-0.25, -0.2) is 4.79 Å². The van der Waals surface area contributed by atoms with E-state index in [0.29, 0.717) is 10.0 Å². The number of hydrogen-bond acceptors (Lipinski definition) is 4. The number of ether oxygens (including phenoxy) is 1.